The number of aldehydes is 1. The Labute approximate surface area is 92.2 Å². The van der Waals surface area contributed by atoms with Gasteiger partial charge in [0.25, 0.3) is 0 Å². The molecule has 5 nitrogen and oxygen atoms in total. The van der Waals surface area contributed by atoms with Crippen LogP contribution >= 0.6 is 0 Å². The van der Waals surface area contributed by atoms with Gasteiger partial charge in [-0.05, 0) is 6.07 Å². The number of aromatic amines is 1. The quantitative estimate of drug-likeness (QED) is 0.479. The third kappa shape index (κ3) is 2.91. The molecule has 0 atom stereocenters. The van der Waals surface area contributed by atoms with Crippen LogP contribution in [0.5, 0.6) is 0 Å². The summed E-state index contributed by atoms with van der Waals surface area (Å²) in [6, 6.07) is 7.73. The average molecular weight is 220 g/mol. The number of fused-ring (bicyclic) bond motifs is 1. The lowest BCUT2D eigenvalue weighted by atomic mass is 10.2. The van der Waals surface area contributed by atoms with Gasteiger partial charge in [-0.2, -0.15) is 0 Å². The second-order valence-electron chi connectivity index (χ2n) is 3.06. The molecule has 1 aromatic heterocycles. The zero-order chi connectivity index (χ0) is 12.0. The van der Waals surface area contributed by atoms with E-state index >= 15 is 0 Å². The van der Waals surface area contributed by atoms with Gasteiger partial charge in [0, 0.05) is 34.5 Å². The molecule has 2 aromatic rings. The maximum absolute atomic E-state index is 10.5. The van der Waals surface area contributed by atoms with E-state index in [4.69, 9.17) is 0 Å². The number of benzene rings is 1. The summed E-state index contributed by atoms with van der Waals surface area (Å²) >= 11 is 0. The van der Waals surface area contributed by atoms with E-state index in [9.17, 15) is 14.9 Å². The lowest BCUT2D eigenvalue weighted by Gasteiger charge is -1.86. The van der Waals surface area contributed by atoms with Gasteiger partial charge in [0.15, 0.2) is 6.29 Å². The number of hydrogen-bond donors (Lipinski definition) is 1. The van der Waals surface area contributed by atoms with Crippen molar-refractivity contribution in [2.45, 2.75) is 6.92 Å². The molecular weight excluding hydrogens is 208 g/mol. The summed E-state index contributed by atoms with van der Waals surface area (Å²) in [6.45, 7) is 1.53. The van der Waals surface area contributed by atoms with Crippen LogP contribution < -0.4 is 0 Å². The highest BCUT2D eigenvalue weighted by Gasteiger charge is 1.98. The number of rotatable bonds is 2. The number of nitrogens with one attached hydrogen (secondary N) is 1. The van der Waals surface area contributed by atoms with Crippen LogP contribution in [0.3, 0.4) is 0 Å². The maximum atomic E-state index is 10.5. The van der Waals surface area contributed by atoms with Gasteiger partial charge >= 0.3 is 0 Å². The second-order valence-corrected chi connectivity index (χ2v) is 3.06. The molecule has 0 aliphatic rings. The summed E-state index contributed by atoms with van der Waals surface area (Å²) in [5.74, 6) is 0. The second kappa shape index (κ2) is 5.65. The van der Waals surface area contributed by atoms with Crippen LogP contribution in [0.1, 0.15) is 17.3 Å². The third-order valence-corrected chi connectivity index (χ3v) is 2.01. The Bertz CT molecular complexity index is 491. The minimum absolute atomic E-state index is 0.0278. The zero-order valence-corrected chi connectivity index (χ0v) is 8.84. The number of nitrogens with zero attached hydrogens (tertiary/aromatic N) is 1. The first-order chi connectivity index (χ1) is 7.69. The summed E-state index contributed by atoms with van der Waals surface area (Å²) in [5.41, 5.74) is 1.73. The maximum Gasteiger partial charge on any atom is 0.201 e. The van der Waals surface area contributed by atoms with Gasteiger partial charge in [-0.1, -0.05) is 18.2 Å². The SMILES string of the molecule is CC[N+](=O)[O-].O=Cc1c[nH]c2ccccc12. The van der Waals surface area contributed by atoms with E-state index in [-0.39, 0.29) is 11.5 Å². The molecule has 1 aromatic carbocycles. The Balaban J connectivity index is 0.000000221. The van der Waals surface area contributed by atoms with Crippen molar-refractivity contribution >= 4 is 17.2 Å². The smallest absolute Gasteiger partial charge is 0.201 e. The normalized spacial score (nSPS) is 9.31. The first-order valence-electron chi connectivity index (χ1n) is 4.82. The number of aromatic nitrogens is 1. The van der Waals surface area contributed by atoms with Crippen LogP contribution in [0.15, 0.2) is 30.5 Å². The summed E-state index contributed by atoms with van der Waals surface area (Å²) in [4.78, 5) is 22.3. The van der Waals surface area contributed by atoms with Crippen LogP contribution in [-0.2, 0) is 0 Å². The fourth-order valence-corrected chi connectivity index (χ4v) is 1.19. The standard InChI is InChI=1S/C9H7NO.C2H5NO2/c11-6-7-5-10-9-4-2-1-3-8(7)9;1-2-3(4)5/h1-6,10H;2H2,1H3. The predicted octanol–water partition coefficient (Wildman–Crippen LogP) is 2.26. The summed E-state index contributed by atoms with van der Waals surface area (Å²) in [5, 5.41) is 10.2. The van der Waals surface area contributed by atoms with Gasteiger partial charge < -0.3 is 4.98 Å². The van der Waals surface area contributed by atoms with E-state index in [1.807, 2.05) is 24.3 Å². The number of para-hydroxylation sites is 1. The van der Waals surface area contributed by atoms with Gasteiger partial charge in [0.1, 0.15) is 0 Å². The Kier molecular flexibility index (Phi) is 4.20. The molecule has 5 heteroatoms. The molecule has 2 rings (SSSR count). The molecule has 0 saturated carbocycles. The molecule has 84 valence electrons. The monoisotopic (exact) mass is 220 g/mol. The van der Waals surface area contributed by atoms with Gasteiger partial charge in [-0.25, -0.2) is 0 Å². The van der Waals surface area contributed by atoms with E-state index in [0.717, 1.165) is 22.8 Å². The summed E-state index contributed by atoms with van der Waals surface area (Å²) in [6.07, 6.45) is 2.58. The lowest BCUT2D eigenvalue weighted by Crippen LogP contribution is -1.92. The van der Waals surface area contributed by atoms with Crippen molar-refractivity contribution in [1.29, 1.82) is 0 Å². The third-order valence-electron chi connectivity index (χ3n) is 2.01. The molecule has 1 heterocycles. The van der Waals surface area contributed by atoms with E-state index in [2.05, 4.69) is 4.98 Å². The Morgan fingerprint density at radius 2 is 2.06 bits per heavy atom. The highest BCUT2D eigenvalue weighted by atomic mass is 16.6. The van der Waals surface area contributed by atoms with Crippen LogP contribution in [0, 0.1) is 10.1 Å². The van der Waals surface area contributed by atoms with Crippen molar-refractivity contribution in [2.24, 2.45) is 0 Å². The molecule has 1 N–H and O–H groups in total. The minimum atomic E-state index is -0.375. The van der Waals surface area contributed by atoms with Gasteiger partial charge in [0.2, 0.25) is 6.54 Å². The van der Waals surface area contributed by atoms with Crippen molar-refractivity contribution < 1.29 is 9.72 Å². The van der Waals surface area contributed by atoms with Crippen LogP contribution in [0.25, 0.3) is 10.9 Å². The summed E-state index contributed by atoms with van der Waals surface area (Å²) < 4.78 is 0. The molecule has 0 unspecified atom stereocenters. The summed E-state index contributed by atoms with van der Waals surface area (Å²) in [7, 11) is 0. The fourth-order valence-electron chi connectivity index (χ4n) is 1.19. The van der Waals surface area contributed by atoms with Crippen molar-refractivity contribution in [3.8, 4) is 0 Å². The van der Waals surface area contributed by atoms with Gasteiger partial charge in [-0.15, -0.1) is 0 Å². The highest BCUT2D eigenvalue weighted by Crippen LogP contribution is 2.14. The van der Waals surface area contributed by atoms with Gasteiger partial charge in [0.05, 0.1) is 0 Å². The van der Waals surface area contributed by atoms with Crippen LogP contribution in [-0.4, -0.2) is 22.7 Å². The first kappa shape index (κ1) is 11.9. The van der Waals surface area contributed by atoms with Gasteiger partial charge in [-0.3, -0.25) is 14.9 Å². The van der Waals surface area contributed by atoms with E-state index in [0.29, 0.717) is 0 Å². The molecule has 0 spiro atoms. The van der Waals surface area contributed by atoms with Crippen molar-refractivity contribution in [1.82, 2.24) is 4.98 Å². The largest absolute Gasteiger partial charge is 0.360 e. The van der Waals surface area contributed by atoms with E-state index < -0.39 is 0 Å². The molecule has 0 aliphatic heterocycles. The van der Waals surface area contributed by atoms with Crippen molar-refractivity contribution in [2.75, 3.05) is 6.54 Å². The average Bonchev–Trinajstić information content (AvgIpc) is 2.72. The Morgan fingerprint density at radius 1 is 1.44 bits per heavy atom. The van der Waals surface area contributed by atoms with Crippen molar-refractivity contribution in [3.63, 3.8) is 0 Å². The van der Waals surface area contributed by atoms with E-state index in [1.165, 1.54) is 6.92 Å². The number of carbonyl (C=O) groups is 1. The number of carbonyl (C=O) groups excluding carboxylic acids is 1. The molecular formula is C11H12N2O3. The topological polar surface area (TPSA) is 76.0 Å². The molecule has 16 heavy (non-hydrogen) atoms. The highest BCUT2D eigenvalue weighted by molar-refractivity contribution is 5.96. The Morgan fingerprint density at radius 3 is 2.62 bits per heavy atom. The number of hydrogen-bond acceptors (Lipinski definition) is 3. The number of nitro groups is 1. The minimum Gasteiger partial charge on any atom is -0.360 e. The first-order valence-corrected chi connectivity index (χ1v) is 4.82. The van der Waals surface area contributed by atoms with Crippen LogP contribution in [0.2, 0.25) is 0 Å². The fraction of sp³-hybridized carbons (Fsp3) is 0.182. The van der Waals surface area contributed by atoms with Crippen molar-refractivity contribution in [3.05, 3.63) is 46.1 Å². The molecule has 0 saturated heterocycles. The van der Waals surface area contributed by atoms with E-state index in [1.54, 1.807) is 6.20 Å². The molecule has 0 aliphatic carbocycles. The van der Waals surface area contributed by atoms with Crippen LogP contribution in [0.4, 0.5) is 0 Å². The number of H-pyrrole nitrogens is 1. The Hall–Kier alpha value is -2.17. The predicted molar refractivity (Wildman–Crippen MR) is 61.2 cm³/mol. The molecule has 0 bridgehead atoms. The molecule has 0 radical (unpaired) electrons. The zero-order valence-electron chi connectivity index (χ0n) is 8.84. The molecule has 0 fully saturated rings. The lowest BCUT2D eigenvalue weighted by molar-refractivity contribution is -0.475. The molecule has 0 amide bonds.